The van der Waals surface area contributed by atoms with Gasteiger partial charge in [-0.05, 0) is 61.7 Å². The SMILES string of the molecule is CC(C)c1cc(Nc2nc3cc(Oc4ccnc(CC(=O)CN5C[C@@H](C)O[C@@H](C)C5)c4)ccc3n2C)ccc1F. The monoisotopic (exact) mass is 545 g/mol. The third-order valence-corrected chi connectivity index (χ3v) is 7.02. The lowest BCUT2D eigenvalue weighted by atomic mass is 10.0. The van der Waals surface area contributed by atoms with Crippen LogP contribution in [0, 0.1) is 5.82 Å². The molecule has 1 aliphatic heterocycles. The van der Waals surface area contributed by atoms with E-state index in [1.807, 2.05) is 63.6 Å². The molecule has 0 bridgehead atoms. The van der Waals surface area contributed by atoms with E-state index in [-0.39, 0.29) is 36.1 Å². The molecule has 1 fully saturated rings. The summed E-state index contributed by atoms with van der Waals surface area (Å²) in [6, 6.07) is 14.3. The van der Waals surface area contributed by atoms with Crippen LogP contribution in [0.3, 0.4) is 0 Å². The molecule has 3 heterocycles. The Balaban J connectivity index is 1.26. The molecule has 4 aromatic rings. The molecule has 9 heteroatoms. The van der Waals surface area contributed by atoms with Crippen molar-refractivity contribution in [1.29, 1.82) is 0 Å². The quantitative estimate of drug-likeness (QED) is 0.277. The molecule has 1 saturated heterocycles. The Kier molecular flexibility index (Phi) is 8.14. The number of carbonyl (C=O) groups excluding carboxylic acids is 1. The number of nitrogens with one attached hydrogen (secondary N) is 1. The fraction of sp³-hybridized carbons (Fsp3) is 0.387. The van der Waals surface area contributed by atoms with Crippen LogP contribution in [0.15, 0.2) is 54.7 Å². The number of aromatic nitrogens is 3. The van der Waals surface area contributed by atoms with E-state index in [9.17, 15) is 9.18 Å². The lowest BCUT2D eigenvalue weighted by Gasteiger charge is -2.34. The zero-order valence-electron chi connectivity index (χ0n) is 23.6. The number of hydrogen-bond acceptors (Lipinski definition) is 7. The third kappa shape index (κ3) is 6.48. The van der Waals surface area contributed by atoms with Gasteiger partial charge in [0.2, 0.25) is 5.95 Å². The van der Waals surface area contributed by atoms with E-state index in [1.165, 1.54) is 6.07 Å². The standard InChI is InChI=1S/C31H36FN5O3/c1-19(2)27-14-22(6-8-28(27)32)34-31-35-29-15-25(7-9-30(29)36(31)5)40-26-10-11-33-23(13-26)12-24(38)18-37-16-20(3)39-21(4)17-37/h6-11,13-15,19-21H,12,16-18H2,1-5H3,(H,34,35)/t20-,21+. The summed E-state index contributed by atoms with van der Waals surface area (Å²) >= 11 is 0. The third-order valence-electron chi connectivity index (χ3n) is 7.02. The minimum atomic E-state index is -0.211. The van der Waals surface area contributed by atoms with Crippen molar-refractivity contribution in [2.75, 3.05) is 25.0 Å². The number of aryl methyl sites for hydroxylation is 1. The molecule has 0 unspecified atom stereocenters. The molecule has 0 radical (unpaired) electrons. The van der Waals surface area contributed by atoms with Gasteiger partial charge in [-0.25, -0.2) is 9.37 Å². The Hall–Kier alpha value is -3.82. The normalized spacial score (nSPS) is 17.9. The summed E-state index contributed by atoms with van der Waals surface area (Å²) in [7, 11) is 1.93. The predicted octanol–water partition coefficient (Wildman–Crippen LogP) is 5.99. The van der Waals surface area contributed by atoms with Gasteiger partial charge in [-0.15, -0.1) is 0 Å². The van der Waals surface area contributed by atoms with E-state index in [2.05, 4.69) is 15.2 Å². The van der Waals surface area contributed by atoms with Crippen LogP contribution in [-0.2, 0) is 23.0 Å². The number of hydrogen-bond donors (Lipinski definition) is 1. The van der Waals surface area contributed by atoms with Crippen molar-refractivity contribution >= 4 is 28.5 Å². The fourth-order valence-electron chi connectivity index (χ4n) is 5.22. The van der Waals surface area contributed by atoms with Crippen LogP contribution in [-0.4, -0.2) is 57.1 Å². The summed E-state index contributed by atoms with van der Waals surface area (Å²) in [6.07, 6.45) is 2.14. The fourth-order valence-corrected chi connectivity index (χ4v) is 5.22. The van der Waals surface area contributed by atoms with Crippen LogP contribution >= 0.6 is 0 Å². The average molecular weight is 546 g/mol. The lowest BCUT2D eigenvalue weighted by molar-refractivity contribution is -0.123. The molecule has 0 saturated carbocycles. The first kappa shape index (κ1) is 27.7. The molecule has 8 nitrogen and oxygen atoms in total. The van der Waals surface area contributed by atoms with Gasteiger partial charge in [0.25, 0.3) is 0 Å². The molecule has 2 aromatic heterocycles. The number of halogens is 1. The largest absolute Gasteiger partial charge is 0.457 e. The molecular weight excluding hydrogens is 509 g/mol. The number of benzene rings is 2. The van der Waals surface area contributed by atoms with Crippen LogP contribution in [0.2, 0.25) is 0 Å². The molecule has 5 rings (SSSR count). The number of ketones is 1. The van der Waals surface area contributed by atoms with Gasteiger partial charge in [0.05, 0.1) is 41.9 Å². The number of rotatable bonds is 9. The van der Waals surface area contributed by atoms with Gasteiger partial charge in [0, 0.05) is 44.2 Å². The number of carbonyl (C=O) groups is 1. The maximum atomic E-state index is 14.1. The molecule has 1 N–H and O–H groups in total. The Bertz CT molecular complexity index is 1510. The van der Waals surface area contributed by atoms with Crippen molar-refractivity contribution in [2.24, 2.45) is 7.05 Å². The molecule has 2 aromatic carbocycles. The number of anilines is 2. The first-order valence-corrected chi connectivity index (χ1v) is 13.7. The van der Waals surface area contributed by atoms with Gasteiger partial charge in [0.1, 0.15) is 17.3 Å². The highest BCUT2D eigenvalue weighted by Crippen LogP contribution is 2.29. The zero-order valence-corrected chi connectivity index (χ0v) is 23.6. The van der Waals surface area contributed by atoms with Crippen LogP contribution in [0.5, 0.6) is 11.5 Å². The molecule has 210 valence electrons. The first-order valence-electron chi connectivity index (χ1n) is 13.7. The molecule has 0 aliphatic carbocycles. The van der Waals surface area contributed by atoms with E-state index >= 15 is 0 Å². The van der Waals surface area contributed by atoms with Crippen molar-refractivity contribution < 1.29 is 18.7 Å². The molecule has 2 atom stereocenters. The van der Waals surface area contributed by atoms with E-state index < -0.39 is 0 Å². The maximum absolute atomic E-state index is 14.1. The van der Waals surface area contributed by atoms with Gasteiger partial charge < -0.3 is 19.4 Å². The van der Waals surface area contributed by atoms with E-state index in [1.54, 1.807) is 24.4 Å². The molecule has 1 aliphatic rings. The van der Waals surface area contributed by atoms with Crippen LogP contribution in [0.4, 0.5) is 16.0 Å². The van der Waals surface area contributed by atoms with E-state index in [4.69, 9.17) is 14.5 Å². The van der Waals surface area contributed by atoms with E-state index in [0.29, 0.717) is 35.2 Å². The van der Waals surface area contributed by atoms with Crippen molar-refractivity contribution in [3.8, 4) is 11.5 Å². The summed E-state index contributed by atoms with van der Waals surface area (Å²) in [4.78, 5) is 24.0. The summed E-state index contributed by atoms with van der Waals surface area (Å²) < 4.78 is 28.0. The second kappa shape index (κ2) is 11.7. The summed E-state index contributed by atoms with van der Waals surface area (Å²) in [5.41, 5.74) is 3.78. The summed E-state index contributed by atoms with van der Waals surface area (Å²) in [6.45, 7) is 9.88. The zero-order chi connectivity index (χ0) is 28.4. The Morgan fingerprint density at radius 2 is 1.85 bits per heavy atom. The Morgan fingerprint density at radius 3 is 2.60 bits per heavy atom. The highest BCUT2D eigenvalue weighted by molar-refractivity contribution is 5.83. The highest BCUT2D eigenvalue weighted by Gasteiger charge is 2.24. The van der Waals surface area contributed by atoms with Gasteiger partial charge in [-0.1, -0.05) is 13.8 Å². The molecule has 40 heavy (non-hydrogen) atoms. The highest BCUT2D eigenvalue weighted by atomic mass is 19.1. The molecule has 0 amide bonds. The Labute approximate surface area is 234 Å². The van der Waals surface area contributed by atoms with Crippen molar-refractivity contribution in [3.63, 3.8) is 0 Å². The van der Waals surface area contributed by atoms with Crippen LogP contribution < -0.4 is 10.1 Å². The van der Waals surface area contributed by atoms with Crippen molar-refractivity contribution in [3.05, 3.63) is 71.8 Å². The van der Waals surface area contributed by atoms with E-state index in [0.717, 1.165) is 29.8 Å². The number of imidazole rings is 1. The first-order chi connectivity index (χ1) is 19.1. The van der Waals surface area contributed by atoms with Crippen molar-refractivity contribution in [2.45, 2.75) is 52.2 Å². The van der Waals surface area contributed by atoms with Gasteiger partial charge >= 0.3 is 0 Å². The lowest BCUT2D eigenvalue weighted by Crippen LogP contribution is -2.47. The number of pyridine rings is 1. The average Bonchev–Trinajstić information content (AvgIpc) is 3.18. The van der Waals surface area contributed by atoms with Crippen LogP contribution in [0.25, 0.3) is 11.0 Å². The van der Waals surface area contributed by atoms with Crippen molar-refractivity contribution in [1.82, 2.24) is 19.4 Å². The summed E-state index contributed by atoms with van der Waals surface area (Å²) in [5.74, 6) is 1.85. The number of nitrogens with zero attached hydrogens (tertiary/aromatic N) is 4. The minimum absolute atomic E-state index is 0.0751. The summed E-state index contributed by atoms with van der Waals surface area (Å²) in [5, 5.41) is 3.31. The maximum Gasteiger partial charge on any atom is 0.208 e. The topological polar surface area (TPSA) is 81.5 Å². The minimum Gasteiger partial charge on any atom is -0.457 e. The second-order valence-electron chi connectivity index (χ2n) is 10.9. The number of ether oxygens (including phenoxy) is 2. The molecule has 0 spiro atoms. The molecular formula is C31H36FN5O3. The van der Waals surface area contributed by atoms with Gasteiger partial charge in [-0.3, -0.25) is 14.7 Å². The Morgan fingerprint density at radius 1 is 1.10 bits per heavy atom. The second-order valence-corrected chi connectivity index (χ2v) is 10.9. The number of Topliss-reactive ketones (excluding diaryl/α,β-unsaturated/α-hetero) is 1. The van der Waals surface area contributed by atoms with Gasteiger partial charge in [-0.2, -0.15) is 0 Å². The van der Waals surface area contributed by atoms with Crippen LogP contribution in [0.1, 0.15) is 44.9 Å². The predicted molar refractivity (Wildman–Crippen MR) is 154 cm³/mol. The number of fused-ring (bicyclic) bond motifs is 1. The number of morpholine rings is 1. The van der Waals surface area contributed by atoms with Gasteiger partial charge in [0.15, 0.2) is 5.78 Å². The smallest absolute Gasteiger partial charge is 0.208 e.